The SMILES string of the molecule is Cc1cc(C)n(CC(=O)Nc2ccc(C(=O)N3CCN(C(=O)c4ccco4)CC3)cc2)c(=O)c1C#N. The predicted molar refractivity (Wildman–Crippen MR) is 130 cm³/mol. The van der Waals surface area contributed by atoms with Gasteiger partial charge < -0.3 is 24.1 Å². The molecule has 1 aromatic carbocycles. The van der Waals surface area contributed by atoms with Crippen LogP contribution in [-0.4, -0.2) is 58.3 Å². The van der Waals surface area contributed by atoms with E-state index < -0.39 is 11.5 Å². The molecule has 1 aliphatic heterocycles. The molecule has 0 bridgehead atoms. The number of carbonyl (C=O) groups is 3. The summed E-state index contributed by atoms with van der Waals surface area (Å²) in [6, 6.07) is 13.3. The maximum absolute atomic E-state index is 12.9. The summed E-state index contributed by atoms with van der Waals surface area (Å²) in [6.45, 7) is 4.77. The fourth-order valence-electron chi connectivity index (χ4n) is 4.15. The number of nitrogens with zero attached hydrogens (tertiary/aromatic N) is 4. The second kappa shape index (κ2) is 10.3. The standard InChI is InChI=1S/C26H25N5O5/c1-17-14-18(2)31(25(34)21(17)15-27)16-23(32)28-20-7-5-19(6-8-20)24(33)29-9-11-30(12-10-29)26(35)22-4-3-13-36-22/h3-8,13-14H,9-12,16H2,1-2H3,(H,28,32). The number of hydrogen-bond acceptors (Lipinski definition) is 6. The van der Waals surface area contributed by atoms with Crippen molar-refractivity contribution in [1.29, 1.82) is 5.26 Å². The van der Waals surface area contributed by atoms with E-state index in [1.807, 2.05) is 6.07 Å². The van der Waals surface area contributed by atoms with Crippen molar-refractivity contribution in [2.75, 3.05) is 31.5 Å². The fraction of sp³-hybridized carbons (Fsp3) is 0.269. The number of nitrogens with one attached hydrogen (secondary N) is 1. The molecule has 36 heavy (non-hydrogen) atoms. The van der Waals surface area contributed by atoms with E-state index in [9.17, 15) is 24.4 Å². The topological polar surface area (TPSA) is 129 Å². The van der Waals surface area contributed by atoms with Crippen molar-refractivity contribution < 1.29 is 18.8 Å². The number of nitriles is 1. The minimum Gasteiger partial charge on any atom is -0.459 e. The monoisotopic (exact) mass is 487 g/mol. The summed E-state index contributed by atoms with van der Waals surface area (Å²) in [6.07, 6.45) is 1.45. The normalized spacial score (nSPS) is 13.2. The molecule has 10 nitrogen and oxygen atoms in total. The lowest BCUT2D eigenvalue weighted by Crippen LogP contribution is -2.50. The molecule has 10 heteroatoms. The van der Waals surface area contributed by atoms with Gasteiger partial charge in [0.15, 0.2) is 5.76 Å². The van der Waals surface area contributed by atoms with Gasteiger partial charge >= 0.3 is 0 Å². The Morgan fingerprint density at radius 1 is 1.00 bits per heavy atom. The predicted octanol–water partition coefficient (Wildman–Crippen LogP) is 2.17. The molecule has 2 aromatic heterocycles. The lowest BCUT2D eigenvalue weighted by molar-refractivity contribution is -0.116. The van der Waals surface area contributed by atoms with Crippen LogP contribution in [0.15, 0.2) is 57.9 Å². The second-order valence-corrected chi connectivity index (χ2v) is 8.53. The number of piperazine rings is 1. The molecule has 0 unspecified atom stereocenters. The molecule has 1 saturated heterocycles. The van der Waals surface area contributed by atoms with Crippen molar-refractivity contribution in [3.05, 3.63) is 87.2 Å². The van der Waals surface area contributed by atoms with Gasteiger partial charge in [-0.2, -0.15) is 5.26 Å². The van der Waals surface area contributed by atoms with E-state index in [0.717, 1.165) is 0 Å². The molecule has 4 rings (SSSR count). The van der Waals surface area contributed by atoms with Gasteiger partial charge in [0, 0.05) is 43.1 Å². The summed E-state index contributed by atoms with van der Waals surface area (Å²) in [5, 5.41) is 11.9. The largest absolute Gasteiger partial charge is 0.459 e. The molecular weight excluding hydrogens is 462 g/mol. The third kappa shape index (κ3) is 5.05. The van der Waals surface area contributed by atoms with E-state index in [0.29, 0.717) is 48.7 Å². The van der Waals surface area contributed by atoms with Crippen molar-refractivity contribution in [3.63, 3.8) is 0 Å². The van der Waals surface area contributed by atoms with Crippen molar-refractivity contribution in [3.8, 4) is 6.07 Å². The maximum atomic E-state index is 12.9. The van der Waals surface area contributed by atoms with Gasteiger partial charge in [-0.1, -0.05) is 0 Å². The minimum absolute atomic E-state index is 0.0161. The quantitative estimate of drug-likeness (QED) is 0.587. The van der Waals surface area contributed by atoms with E-state index in [4.69, 9.17) is 4.42 Å². The zero-order valence-corrected chi connectivity index (χ0v) is 20.0. The van der Waals surface area contributed by atoms with Crippen LogP contribution in [0.4, 0.5) is 5.69 Å². The molecule has 0 atom stereocenters. The third-order valence-corrected chi connectivity index (χ3v) is 6.12. The Hall–Kier alpha value is -4.65. The number of carbonyl (C=O) groups excluding carboxylic acids is 3. The molecule has 0 saturated carbocycles. The second-order valence-electron chi connectivity index (χ2n) is 8.53. The molecule has 0 radical (unpaired) electrons. The van der Waals surface area contributed by atoms with Gasteiger partial charge in [0.1, 0.15) is 18.2 Å². The molecule has 1 N–H and O–H groups in total. The van der Waals surface area contributed by atoms with Gasteiger partial charge in [-0.25, -0.2) is 0 Å². The van der Waals surface area contributed by atoms with E-state index in [1.165, 1.54) is 10.8 Å². The number of rotatable bonds is 5. The highest BCUT2D eigenvalue weighted by Crippen LogP contribution is 2.15. The number of aryl methyl sites for hydroxylation is 2. The number of anilines is 1. The van der Waals surface area contributed by atoms with Crippen LogP contribution in [0.5, 0.6) is 0 Å². The lowest BCUT2D eigenvalue weighted by atomic mass is 10.1. The molecule has 3 heterocycles. The Morgan fingerprint density at radius 3 is 2.22 bits per heavy atom. The number of hydrogen-bond donors (Lipinski definition) is 1. The highest BCUT2D eigenvalue weighted by Gasteiger charge is 2.26. The number of aromatic nitrogens is 1. The molecule has 0 spiro atoms. The molecule has 3 amide bonds. The van der Waals surface area contributed by atoms with Crippen molar-refractivity contribution in [2.24, 2.45) is 0 Å². The summed E-state index contributed by atoms with van der Waals surface area (Å²) in [5.74, 6) is -0.507. The average Bonchev–Trinajstić information content (AvgIpc) is 3.41. The third-order valence-electron chi connectivity index (χ3n) is 6.12. The number of furan rings is 1. The minimum atomic E-state index is -0.503. The van der Waals surface area contributed by atoms with Gasteiger partial charge in [0.05, 0.1) is 6.26 Å². The number of amides is 3. The van der Waals surface area contributed by atoms with Crippen LogP contribution in [0.1, 0.15) is 37.7 Å². The van der Waals surface area contributed by atoms with Gasteiger partial charge in [0.2, 0.25) is 5.91 Å². The van der Waals surface area contributed by atoms with Crippen LogP contribution in [-0.2, 0) is 11.3 Å². The van der Waals surface area contributed by atoms with Crippen molar-refractivity contribution in [1.82, 2.24) is 14.4 Å². The summed E-state index contributed by atoms with van der Waals surface area (Å²) in [5.41, 5.74) is 1.60. The van der Waals surface area contributed by atoms with Crippen LogP contribution in [0.2, 0.25) is 0 Å². The smallest absolute Gasteiger partial charge is 0.289 e. The Balaban J connectivity index is 1.34. The summed E-state index contributed by atoms with van der Waals surface area (Å²) < 4.78 is 6.42. The Bertz CT molecular complexity index is 1390. The zero-order chi connectivity index (χ0) is 25.8. The molecular formula is C26H25N5O5. The molecule has 3 aromatic rings. The maximum Gasteiger partial charge on any atom is 0.289 e. The van der Waals surface area contributed by atoms with E-state index in [1.54, 1.807) is 66.1 Å². The van der Waals surface area contributed by atoms with Gasteiger partial charge in [0.25, 0.3) is 17.4 Å². The van der Waals surface area contributed by atoms with Crippen LogP contribution in [0.3, 0.4) is 0 Å². The van der Waals surface area contributed by atoms with Crippen LogP contribution >= 0.6 is 0 Å². The first-order chi connectivity index (χ1) is 17.3. The van der Waals surface area contributed by atoms with Crippen LogP contribution < -0.4 is 10.9 Å². The van der Waals surface area contributed by atoms with E-state index >= 15 is 0 Å². The van der Waals surface area contributed by atoms with Crippen molar-refractivity contribution in [2.45, 2.75) is 20.4 Å². The molecule has 0 aliphatic carbocycles. The van der Waals surface area contributed by atoms with E-state index in [-0.39, 0.29) is 29.7 Å². The zero-order valence-electron chi connectivity index (χ0n) is 20.0. The Morgan fingerprint density at radius 2 is 1.64 bits per heavy atom. The Kier molecular flexibility index (Phi) is 7.01. The van der Waals surface area contributed by atoms with Crippen LogP contribution in [0.25, 0.3) is 0 Å². The highest BCUT2D eigenvalue weighted by atomic mass is 16.3. The first kappa shape index (κ1) is 24.5. The molecule has 1 fully saturated rings. The number of pyridine rings is 1. The molecule has 184 valence electrons. The fourth-order valence-corrected chi connectivity index (χ4v) is 4.15. The summed E-state index contributed by atoms with van der Waals surface area (Å²) in [4.78, 5) is 53.7. The lowest BCUT2D eigenvalue weighted by Gasteiger charge is -2.34. The Labute approximate surface area is 207 Å². The van der Waals surface area contributed by atoms with Gasteiger partial charge in [-0.05, 0) is 61.9 Å². The highest BCUT2D eigenvalue weighted by molar-refractivity contribution is 5.96. The first-order valence-corrected chi connectivity index (χ1v) is 11.4. The van der Waals surface area contributed by atoms with Gasteiger partial charge in [-0.3, -0.25) is 19.2 Å². The average molecular weight is 488 g/mol. The van der Waals surface area contributed by atoms with Crippen molar-refractivity contribution >= 4 is 23.4 Å². The number of benzene rings is 1. The van der Waals surface area contributed by atoms with E-state index in [2.05, 4.69) is 5.32 Å². The molecule has 1 aliphatic rings. The summed E-state index contributed by atoms with van der Waals surface area (Å²) >= 11 is 0. The van der Waals surface area contributed by atoms with Gasteiger partial charge in [-0.15, -0.1) is 0 Å². The summed E-state index contributed by atoms with van der Waals surface area (Å²) in [7, 11) is 0. The first-order valence-electron chi connectivity index (χ1n) is 11.4. The van der Waals surface area contributed by atoms with Crippen LogP contribution in [0, 0.1) is 25.2 Å².